The average Bonchev–Trinajstić information content (AvgIpc) is 3.56. The van der Waals surface area contributed by atoms with Gasteiger partial charge in [0.05, 0.1) is 30.0 Å². The monoisotopic (exact) mass is 479 g/mol. The zero-order chi connectivity index (χ0) is 24.6. The number of pyridine rings is 1. The number of amides is 1. The van der Waals surface area contributed by atoms with Gasteiger partial charge >= 0.3 is 0 Å². The van der Waals surface area contributed by atoms with Crippen LogP contribution in [0.4, 0.5) is 0 Å². The second kappa shape index (κ2) is 9.15. The van der Waals surface area contributed by atoms with Gasteiger partial charge in [0.2, 0.25) is 0 Å². The van der Waals surface area contributed by atoms with Crippen molar-refractivity contribution >= 4 is 27.8 Å². The van der Waals surface area contributed by atoms with Crippen molar-refractivity contribution < 1.29 is 9.53 Å². The summed E-state index contributed by atoms with van der Waals surface area (Å²) in [5.41, 5.74) is 5.64. The molecular formula is C29H29N5O2. The number of ether oxygens (including phenoxy) is 1. The molecular weight excluding hydrogens is 450 g/mol. The summed E-state index contributed by atoms with van der Waals surface area (Å²) in [5, 5.41) is 6.51. The lowest BCUT2D eigenvalue weighted by atomic mass is 9.89. The van der Waals surface area contributed by atoms with E-state index in [1.807, 2.05) is 59.0 Å². The number of carbonyl (C=O) groups is 1. The first kappa shape index (κ1) is 22.3. The van der Waals surface area contributed by atoms with E-state index in [1.54, 1.807) is 13.3 Å². The Morgan fingerprint density at radius 2 is 1.89 bits per heavy atom. The van der Waals surface area contributed by atoms with E-state index >= 15 is 0 Å². The van der Waals surface area contributed by atoms with Gasteiger partial charge in [-0.05, 0) is 55.5 Å². The maximum atomic E-state index is 13.8. The minimum Gasteiger partial charge on any atom is -0.497 e. The molecule has 36 heavy (non-hydrogen) atoms. The molecule has 0 aliphatic carbocycles. The van der Waals surface area contributed by atoms with Crippen LogP contribution in [0.25, 0.3) is 33.2 Å². The number of methoxy groups -OCH3 is 1. The highest BCUT2D eigenvalue weighted by Gasteiger charge is 2.28. The Balaban J connectivity index is 1.29. The number of benzene rings is 2. The third kappa shape index (κ3) is 3.81. The van der Waals surface area contributed by atoms with Gasteiger partial charge in [-0.25, -0.2) is 9.67 Å². The van der Waals surface area contributed by atoms with Crippen LogP contribution in [0.5, 0.6) is 5.75 Å². The summed E-state index contributed by atoms with van der Waals surface area (Å²) in [5.74, 6) is 1.31. The molecule has 2 aromatic carbocycles. The van der Waals surface area contributed by atoms with Crippen molar-refractivity contribution in [3.05, 3.63) is 78.1 Å². The van der Waals surface area contributed by atoms with Gasteiger partial charge in [0.15, 0.2) is 5.65 Å². The van der Waals surface area contributed by atoms with E-state index in [-0.39, 0.29) is 5.91 Å². The number of nitrogens with zero attached hydrogens (tertiary/aromatic N) is 4. The Morgan fingerprint density at radius 3 is 2.64 bits per heavy atom. The fourth-order valence-electron chi connectivity index (χ4n) is 5.36. The molecule has 0 bridgehead atoms. The summed E-state index contributed by atoms with van der Waals surface area (Å²) in [6.45, 7) is 4.16. The SMILES string of the molecule is CCn1ncc2c(C(=O)N3CCC(c4c[nH]c5ccc(OC)cc45)CC3)cc(-c3ccccc3)nc21. The molecule has 1 amide bonds. The van der Waals surface area contributed by atoms with Gasteiger partial charge in [-0.15, -0.1) is 0 Å². The predicted octanol–water partition coefficient (Wildman–Crippen LogP) is 5.63. The molecule has 1 aliphatic rings. The summed E-state index contributed by atoms with van der Waals surface area (Å²) in [7, 11) is 1.70. The number of nitrogens with one attached hydrogen (secondary N) is 1. The Hall–Kier alpha value is -4.13. The van der Waals surface area contributed by atoms with E-state index in [1.165, 1.54) is 10.9 Å². The molecule has 1 fully saturated rings. The topological polar surface area (TPSA) is 76.0 Å². The van der Waals surface area contributed by atoms with Crippen molar-refractivity contribution in [2.24, 2.45) is 0 Å². The van der Waals surface area contributed by atoms with Gasteiger partial charge < -0.3 is 14.6 Å². The number of hydrogen-bond donors (Lipinski definition) is 1. The van der Waals surface area contributed by atoms with Gasteiger partial charge in [-0.2, -0.15) is 5.10 Å². The van der Waals surface area contributed by atoms with Crippen LogP contribution in [0.2, 0.25) is 0 Å². The molecule has 4 heterocycles. The first-order valence-corrected chi connectivity index (χ1v) is 12.5. The van der Waals surface area contributed by atoms with Gasteiger partial charge in [0, 0.05) is 42.3 Å². The van der Waals surface area contributed by atoms with Gasteiger partial charge in [-0.3, -0.25) is 4.79 Å². The largest absolute Gasteiger partial charge is 0.497 e. The molecule has 1 N–H and O–H groups in total. The minimum absolute atomic E-state index is 0.0503. The van der Waals surface area contributed by atoms with E-state index in [0.29, 0.717) is 31.1 Å². The number of H-pyrrole nitrogens is 1. The highest BCUT2D eigenvalue weighted by atomic mass is 16.5. The van der Waals surface area contributed by atoms with E-state index < -0.39 is 0 Å². The fourth-order valence-corrected chi connectivity index (χ4v) is 5.36. The predicted molar refractivity (Wildman–Crippen MR) is 141 cm³/mol. The minimum atomic E-state index is 0.0503. The summed E-state index contributed by atoms with van der Waals surface area (Å²) >= 11 is 0. The lowest BCUT2D eigenvalue weighted by Crippen LogP contribution is -2.38. The molecule has 182 valence electrons. The molecule has 0 radical (unpaired) electrons. The molecule has 5 aromatic rings. The normalized spacial score (nSPS) is 14.6. The highest BCUT2D eigenvalue weighted by molar-refractivity contribution is 6.06. The molecule has 3 aromatic heterocycles. The van der Waals surface area contributed by atoms with E-state index in [4.69, 9.17) is 9.72 Å². The van der Waals surface area contributed by atoms with Crippen LogP contribution in [-0.2, 0) is 6.54 Å². The summed E-state index contributed by atoms with van der Waals surface area (Å²) < 4.78 is 7.30. The first-order chi connectivity index (χ1) is 17.7. The van der Waals surface area contributed by atoms with Crippen molar-refractivity contribution in [2.75, 3.05) is 20.2 Å². The van der Waals surface area contributed by atoms with Gasteiger partial charge in [0.1, 0.15) is 5.75 Å². The van der Waals surface area contributed by atoms with Crippen LogP contribution < -0.4 is 4.74 Å². The number of aromatic amines is 1. The maximum absolute atomic E-state index is 13.8. The zero-order valence-corrected chi connectivity index (χ0v) is 20.6. The molecule has 7 nitrogen and oxygen atoms in total. The molecule has 1 aliphatic heterocycles. The first-order valence-electron chi connectivity index (χ1n) is 12.5. The standard InChI is InChI=1S/C29H29N5O2/c1-3-34-28-25(18-31-34)23(16-27(32-28)20-7-5-4-6-8-20)29(35)33-13-11-19(12-14-33)24-17-30-26-10-9-21(36-2)15-22(24)26/h4-10,15-19,30H,3,11-14H2,1-2H3. The summed E-state index contributed by atoms with van der Waals surface area (Å²) in [6, 6.07) is 18.1. The zero-order valence-electron chi connectivity index (χ0n) is 20.6. The molecule has 0 unspecified atom stereocenters. The number of fused-ring (bicyclic) bond motifs is 2. The Kier molecular flexibility index (Phi) is 5.68. The molecule has 1 saturated heterocycles. The number of aromatic nitrogens is 4. The lowest BCUT2D eigenvalue weighted by molar-refractivity contribution is 0.0715. The number of piperidine rings is 1. The van der Waals surface area contributed by atoms with E-state index in [9.17, 15) is 4.79 Å². The van der Waals surface area contributed by atoms with Crippen LogP contribution in [0.1, 0.15) is 41.6 Å². The Bertz CT molecular complexity index is 1540. The van der Waals surface area contributed by atoms with Crippen LogP contribution in [0.15, 0.2) is 67.0 Å². The third-order valence-corrected chi connectivity index (χ3v) is 7.35. The summed E-state index contributed by atoms with van der Waals surface area (Å²) in [4.78, 5) is 24.1. The molecule has 0 spiro atoms. The van der Waals surface area contributed by atoms with Crippen LogP contribution >= 0.6 is 0 Å². The lowest BCUT2D eigenvalue weighted by Gasteiger charge is -2.32. The van der Waals surface area contributed by atoms with Crippen molar-refractivity contribution in [2.45, 2.75) is 32.2 Å². The number of hydrogen-bond acceptors (Lipinski definition) is 4. The third-order valence-electron chi connectivity index (χ3n) is 7.35. The highest BCUT2D eigenvalue weighted by Crippen LogP contribution is 2.35. The second-order valence-corrected chi connectivity index (χ2v) is 9.34. The molecule has 6 rings (SSSR count). The van der Waals surface area contributed by atoms with Crippen LogP contribution in [0, 0.1) is 0 Å². The fraction of sp³-hybridized carbons (Fsp3) is 0.276. The average molecular weight is 480 g/mol. The number of likely N-dealkylation sites (tertiary alicyclic amines) is 1. The Morgan fingerprint density at radius 1 is 1.08 bits per heavy atom. The number of aryl methyl sites for hydroxylation is 1. The Labute approximate surface area is 209 Å². The molecule has 0 atom stereocenters. The quantitative estimate of drug-likeness (QED) is 0.355. The molecule has 0 saturated carbocycles. The van der Waals surface area contributed by atoms with Gasteiger partial charge in [-0.1, -0.05) is 30.3 Å². The smallest absolute Gasteiger partial charge is 0.254 e. The van der Waals surface area contributed by atoms with Crippen LogP contribution in [-0.4, -0.2) is 50.8 Å². The second-order valence-electron chi connectivity index (χ2n) is 9.34. The van der Waals surface area contributed by atoms with Crippen molar-refractivity contribution in [1.29, 1.82) is 0 Å². The van der Waals surface area contributed by atoms with Crippen molar-refractivity contribution in [1.82, 2.24) is 24.6 Å². The van der Waals surface area contributed by atoms with Crippen molar-refractivity contribution in [3.8, 4) is 17.0 Å². The van der Waals surface area contributed by atoms with Crippen LogP contribution in [0.3, 0.4) is 0 Å². The van der Waals surface area contributed by atoms with Crippen molar-refractivity contribution in [3.63, 3.8) is 0 Å². The number of carbonyl (C=O) groups excluding carboxylic acids is 1. The van der Waals surface area contributed by atoms with E-state index in [2.05, 4.69) is 28.4 Å². The number of rotatable bonds is 5. The molecule has 7 heteroatoms. The van der Waals surface area contributed by atoms with Gasteiger partial charge in [0.25, 0.3) is 5.91 Å². The maximum Gasteiger partial charge on any atom is 0.254 e. The van der Waals surface area contributed by atoms with E-state index in [0.717, 1.165) is 46.4 Å². The summed E-state index contributed by atoms with van der Waals surface area (Å²) in [6.07, 6.45) is 5.73.